The van der Waals surface area contributed by atoms with Gasteiger partial charge in [-0.05, 0) is 43.4 Å². The van der Waals surface area contributed by atoms with E-state index < -0.39 is 0 Å². The van der Waals surface area contributed by atoms with Crippen LogP contribution in [-0.4, -0.2) is 11.0 Å². The standard InChI is InChI=1S/C16H24N2/c1-12(2)7-8-13(3)18-11-14-5-4-6-16-15(14)9-10-17-16/h4-6,9-10,12-13,17-18H,7-8,11H2,1-3H3. The smallest absolute Gasteiger partial charge is 0.0457 e. The minimum Gasteiger partial charge on any atom is -0.361 e. The SMILES string of the molecule is CC(C)CCC(C)NCc1cccc2[nH]ccc12. The number of rotatable bonds is 6. The second kappa shape index (κ2) is 6.05. The molecule has 0 saturated heterocycles. The molecule has 0 aliphatic heterocycles. The molecule has 0 aliphatic carbocycles. The van der Waals surface area contributed by atoms with Crippen LogP contribution in [0.15, 0.2) is 30.5 Å². The van der Waals surface area contributed by atoms with Crippen LogP contribution in [0.1, 0.15) is 39.2 Å². The number of hydrogen-bond acceptors (Lipinski definition) is 1. The molecular weight excluding hydrogens is 220 g/mol. The lowest BCUT2D eigenvalue weighted by molar-refractivity contribution is 0.451. The molecule has 2 nitrogen and oxygen atoms in total. The van der Waals surface area contributed by atoms with Gasteiger partial charge in [0.2, 0.25) is 0 Å². The number of aromatic nitrogens is 1. The molecule has 2 aromatic rings. The van der Waals surface area contributed by atoms with E-state index in [-0.39, 0.29) is 0 Å². The van der Waals surface area contributed by atoms with Crippen LogP contribution in [0.4, 0.5) is 0 Å². The predicted molar refractivity (Wildman–Crippen MR) is 78.7 cm³/mol. The van der Waals surface area contributed by atoms with E-state index in [1.54, 1.807) is 0 Å². The van der Waals surface area contributed by atoms with Crippen LogP contribution >= 0.6 is 0 Å². The fourth-order valence-electron chi connectivity index (χ4n) is 2.27. The van der Waals surface area contributed by atoms with E-state index in [1.807, 2.05) is 6.20 Å². The maximum absolute atomic E-state index is 3.62. The fraction of sp³-hybridized carbons (Fsp3) is 0.500. The summed E-state index contributed by atoms with van der Waals surface area (Å²) in [7, 11) is 0. The minimum atomic E-state index is 0.585. The highest BCUT2D eigenvalue weighted by atomic mass is 14.9. The van der Waals surface area contributed by atoms with Gasteiger partial charge < -0.3 is 10.3 Å². The lowest BCUT2D eigenvalue weighted by Gasteiger charge is -2.15. The summed E-state index contributed by atoms with van der Waals surface area (Å²) >= 11 is 0. The third-order valence-electron chi connectivity index (χ3n) is 3.50. The topological polar surface area (TPSA) is 27.8 Å². The molecule has 0 radical (unpaired) electrons. The summed E-state index contributed by atoms with van der Waals surface area (Å²) in [5.74, 6) is 0.794. The first-order chi connectivity index (χ1) is 8.66. The summed E-state index contributed by atoms with van der Waals surface area (Å²) in [6, 6.07) is 9.20. The van der Waals surface area contributed by atoms with E-state index in [4.69, 9.17) is 0 Å². The van der Waals surface area contributed by atoms with E-state index in [0.29, 0.717) is 6.04 Å². The Balaban J connectivity index is 1.91. The number of aromatic amines is 1. The quantitative estimate of drug-likeness (QED) is 0.787. The van der Waals surface area contributed by atoms with Crippen LogP contribution in [0, 0.1) is 5.92 Å². The van der Waals surface area contributed by atoms with Crippen LogP contribution in [0.2, 0.25) is 0 Å². The van der Waals surface area contributed by atoms with Crippen molar-refractivity contribution >= 4 is 10.9 Å². The van der Waals surface area contributed by atoms with Gasteiger partial charge >= 0.3 is 0 Å². The Bertz CT molecular complexity index is 485. The number of hydrogen-bond donors (Lipinski definition) is 2. The van der Waals surface area contributed by atoms with Crippen molar-refractivity contribution in [2.24, 2.45) is 5.92 Å². The van der Waals surface area contributed by atoms with Gasteiger partial charge in [0.25, 0.3) is 0 Å². The van der Waals surface area contributed by atoms with Crippen LogP contribution in [0.3, 0.4) is 0 Å². The summed E-state index contributed by atoms with van der Waals surface area (Å²) in [5.41, 5.74) is 2.61. The van der Waals surface area contributed by atoms with Crippen molar-refractivity contribution in [2.45, 2.75) is 46.2 Å². The van der Waals surface area contributed by atoms with Crippen molar-refractivity contribution < 1.29 is 0 Å². The van der Waals surface area contributed by atoms with Crippen molar-refractivity contribution in [1.29, 1.82) is 0 Å². The van der Waals surface area contributed by atoms with Gasteiger partial charge in [-0.15, -0.1) is 0 Å². The van der Waals surface area contributed by atoms with Gasteiger partial charge in [-0.25, -0.2) is 0 Å². The van der Waals surface area contributed by atoms with Gasteiger partial charge in [-0.2, -0.15) is 0 Å². The Morgan fingerprint density at radius 3 is 2.72 bits per heavy atom. The number of fused-ring (bicyclic) bond motifs is 1. The largest absolute Gasteiger partial charge is 0.361 e. The Hall–Kier alpha value is -1.28. The molecule has 2 rings (SSSR count). The van der Waals surface area contributed by atoms with Gasteiger partial charge in [0.15, 0.2) is 0 Å². The molecule has 1 unspecified atom stereocenters. The Morgan fingerprint density at radius 1 is 1.11 bits per heavy atom. The molecule has 0 spiro atoms. The molecule has 0 saturated carbocycles. The van der Waals surface area contributed by atoms with Crippen molar-refractivity contribution in [3.8, 4) is 0 Å². The lowest BCUT2D eigenvalue weighted by atomic mass is 10.0. The maximum atomic E-state index is 3.62. The second-order valence-corrected chi connectivity index (χ2v) is 5.61. The Labute approximate surface area is 110 Å². The van der Waals surface area contributed by atoms with E-state index in [2.05, 4.69) is 55.3 Å². The van der Waals surface area contributed by atoms with Crippen molar-refractivity contribution in [3.05, 3.63) is 36.0 Å². The molecule has 0 aliphatic rings. The minimum absolute atomic E-state index is 0.585. The zero-order valence-electron chi connectivity index (χ0n) is 11.7. The molecule has 0 fully saturated rings. The highest BCUT2D eigenvalue weighted by Crippen LogP contribution is 2.17. The van der Waals surface area contributed by atoms with Gasteiger partial charge in [0.1, 0.15) is 0 Å². The second-order valence-electron chi connectivity index (χ2n) is 5.61. The zero-order valence-corrected chi connectivity index (χ0v) is 11.7. The molecule has 2 N–H and O–H groups in total. The van der Waals surface area contributed by atoms with Gasteiger partial charge in [-0.3, -0.25) is 0 Å². The summed E-state index contributed by atoms with van der Waals surface area (Å²) in [5, 5.41) is 4.96. The van der Waals surface area contributed by atoms with E-state index >= 15 is 0 Å². The molecule has 1 atom stereocenters. The van der Waals surface area contributed by atoms with Crippen LogP contribution in [0.5, 0.6) is 0 Å². The Morgan fingerprint density at radius 2 is 1.94 bits per heavy atom. The summed E-state index contributed by atoms with van der Waals surface area (Å²) < 4.78 is 0. The zero-order chi connectivity index (χ0) is 13.0. The molecule has 18 heavy (non-hydrogen) atoms. The lowest BCUT2D eigenvalue weighted by Crippen LogP contribution is -2.25. The highest BCUT2D eigenvalue weighted by Gasteiger charge is 2.05. The van der Waals surface area contributed by atoms with E-state index in [1.165, 1.54) is 29.3 Å². The normalized spacial score (nSPS) is 13.3. The number of benzene rings is 1. The van der Waals surface area contributed by atoms with Crippen LogP contribution < -0.4 is 5.32 Å². The summed E-state index contributed by atoms with van der Waals surface area (Å²) in [6.07, 6.45) is 4.56. The molecule has 0 bridgehead atoms. The molecule has 1 heterocycles. The van der Waals surface area contributed by atoms with Gasteiger partial charge in [-0.1, -0.05) is 26.0 Å². The van der Waals surface area contributed by atoms with E-state index in [0.717, 1.165) is 12.5 Å². The Kier molecular flexibility index (Phi) is 4.43. The van der Waals surface area contributed by atoms with Crippen molar-refractivity contribution in [2.75, 3.05) is 0 Å². The molecular formula is C16H24N2. The first kappa shape index (κ1) is 13.2. The molecule has 2 heteroatoms. The molecule has 1 aromatic carbocycles. The highest BCUT2D eigenvalue weighted by molar-refractivity contribution is 5.82. The van der Waals surface area contributed by atoms with Gasteiger partial charge in [0.05, 0.1) is 0 Å². The van der Waals surface area contributed by atoms with Gasteiger partial charge in [0, 0.05) is 29.7 Å². The predicted octanol–water partition coefficient (Wildman–Crippen LogP) is 4.08. The summed E-state index contributed by atoms with van der Waals surface area (Å²) in [6.45, 7) is 7.80. The van der Waals surface area contributed by atoms with Crippen LogP contribution in [-0.2, 0) is 6.54 Å². The molecule has 1 aromatic heterocycles. The fourth-order valence-corrected chi connectivity index (χ4v) is 2.27. The molecule has 0 amide bonds. The average molecular weight is 244 g/mol. The maximum Gasteiger partial charge on any atom is 0.0457 e. The first-order valence-electron chi connectivity index (χ1n) is 6.95. The number of nitrogens with one attached hydrogen (secondary N) is 2. The number of H-pyrrole nitrogens is 1. The monoisotopic (exact) mass is 244 g/mol. The summed E-state index contributed by atoms with van der Waals surface area (Å²) in [4.78, 5) is 3.26. The van der Waals surface area contributed by atoms with E-state index in [9.17, 15) is 0 Å². The average Bonchev–Trinajstić information content (AvgIpc) is 2.82. The van der Waals surface area contributed by atoms with Crippen molar-refractivity contribution in [1.82, 2.24) is 10.3 Å². The van der Waals surface area contributed by atoms with Crippen molar-refractivity contribution in [3.63, 3.8) is 0 Å². The first-order valence-corrected chi connectivity index (χ1v) is 6.95. The molecule has 98 valence electrons. The third-order valence-corrected chi connectivity index (χ3v) is 3.50. The van der Waals surface area contributed by atoms with Crippen LogP contribution in [0.25, 0.3) is 10.9 Å². The third kappa shape index (κ3) is 3.36.